The summed E-state index contributed by atoms with van der Waals surface area (Å²) in [4.78, 5) is 7.74. The van der Waals surface area contributed by atoms with Gasteiger partial charge in [0.15, 0.2) is 5.82 Å². The fourth-order valence-corrected chi connectivity index (χ4v) is 1.90. The lowest BCUT2D eigenvalue weighted by atomic mass is 10.2. The van der Waals surface area contributed by atoms with Gasteiger partial charge in [0.2, 0.25) is 5.28 Å². The zero-order valence-electron chi connectivity index (χ0n) is 8.15. The molecule has 0 amide bonds. The molecule has 0 aliphatic heterocycles. The standard InChI is InChI=1S/C9H13ClN4O/c10-9-12-4-5(11)8(14-9)13-6-2-1-3-7(6)15/h4,6-7,15H,1-3,11H2,(H,12,13,14)/t6?,7-/m0/s1. The van der Waals surface area contributed by atoms with Crippen LogP contribution in [0.1, 0.15) is 19.3 Å². The van der Waals surface area contributed by atoms with Crippen LogP contribution in [0.15, 0.2) is 6.20 Å². The third-order valence-electron chi connectivity index (χ3n) is 2.59. The molecule has 0 bridgehead atoms. The third kappa shape index (κ3) is 2.30. The van der Waals surface area contributed by atoms with Crippen molar-refractivity contribution in [1.29, 1.82) is 0 Å². The first-order chi connectivity index (χ1) is 7.16. The van der Waals surface area contributed by atoms with Gasteiger partial charge in [-0.2, -0.15) is 4.98 Å². The first kappa shape index (κ1) is 10.4. The molecule has 6 heteroatoms. The topological polar surface area (TPSA) is 84.1 Å². The van der Waals surface area contributed by atoms with Crippen LogP contribution in [0.25, 0.3) is 0 Å². The minimum absolute atomic E-state index is 0.0123. The third-order valence-corrected chi connectivity index (χ3v) is 2.77. The van der Waals surface area contributed by atoms with E-state index in [1.165, 1.54) is 6.20 Å². The predicted molar refractivity (Wildman–Crippen MR) is 58.7 cm³/mol. The van der Waals surface area contributed by atoms with Crippen LogP contribution in [0.2, 0.25) is 5.28 Å². The van der Waals surface area contributed by atoms with Gasteiger partial charge in [0, 0.05) is 0 Å². The average Bonchev–Trinajstić information content (AvgIpc) is 2.58. The summed E-state index contributed by atoms with van der Waals surface area (Å²) in [5, 5.41) is 12.9. The highest BCUT2D eigenvalue weighted by molar-refractivity contribution is 6.28. The maximum atomic E-state index is 9.63. The van der Waals surface area contributed by atoms with Gasteiger partial charge >= 0.3 is 0 Å². The van der Waals surface area contributed by atoms with Crippen molar-refractivity contribution in [1.82, 2.24) is 9.97 Å². The van der Waals surface area contributed by atoms with Crippen molar-refractivity contribution in [3.8, 4) is 0 Å². The number of hydrogen-bond acceptors (Lipinski definition) is 5. The van der Waals surface area contributed by atoms with E-state index in [0.29, 0.717) is 11.5 Å². The molecule has 0 spiro atoms. The van der Waals surface area contributed by atoms with Crippen LogP contribution in [0.3, 0.4) is 0 Å². The predicted octanol–water partition coefficient (Wildman–Crippen LogP) is 1.04. The fraction of sp³-hybridized carbons (Fsp3) is 0.556. The molecule has 2 atom stereocenters. The van der Waals surface area contributed by atoms with Crippen LogP contribution < -0.4 is 11.1 Å². The Bertz CT molecular complexity index is 360. The van der Waals surface area contributed by atoms with Gasteiger partial charge < -0.3 is 16.2 Å². The van der Waals surface area contributed by atoms with E-state index < -0.39 is 0 Å². The molecule has 4 N–H and O–H groups in total. The summed E-state index contributed by atoms with van der Waals surface area (Å²) in [7, 11) is 0. The SMILES string of the molecule is Nc1cnc(Cl)nc1NC1CCC[C@@H]1O. The van der Waals surface area contributed by atoms with Gasteiger partial charge in [-0.25, -0.2) is 4.98 Å². The van der Waals surface area contributed by atoms with E-state index in [4.69, 9.17) is 17.3 Å². The van der Waals surface area contributed by atoms with Gasteiger partial charge in [-0.15, -0.1) is 0 Å². The van der Waals surface area contributed by atoms with Crippen LogP contribution >= 0.6 is 11.6 Å². The van der Waals surface area contributed by atoms with Crippen LogP contribution in [-0.2, 0) is 0 Å². The Morgan fingerprint density at radius 2 is 2.33 bits per heavy atom. The van der Waals surface area contributed by atoms with Crippen molar-refractivity contribution in [2.45, 2.75) is 31.4 Å². The molecule has 1 unspecified atom stereocenters. The van der Waals surface area contributed by atoms with E-state index in [9.17, 15) is 5.11 Å². The lowest BCUT2D eigenvalue weighted by Gasteiger charge is -2.17. The summed E-state index contributed by atoms with van der Waals surface area (Å²) in [6.45, 7) is 0. The molecular weight excluding hydrogens is 216 g/mol. The van der Waals surface area contributed by atoms with Gasteiger partial charge in [0.1, 0.15) is 0 Å². The number of aromatic nitrogens is 2. The van der Waals surface area contributed by atoms with Crippen LogP contribution in [0, 0.1) is 0 Å². The van der Waals surface area contributed by atoms with Crippen LogP contribution in [-0.4, -0.2) is 27.2 Å². The number of aliphatic hydroxyl groups is 1. The summed E-state index contributed by atoms with van der Waals surface area (Å²) in [6, 6.07) is 0.0123. The Morgan fingerprint density at radius 3 is 3.00 bits per heavy atom. The van der Waals surface area contributed by atoms with Crippen molar-refractivity contribution in [3.63, 3.8) is 0 Å². The lowest BCUT2D eigenvalue weighted by molar-refractivity contribution is 0.171. The van der Waals surface area contributed by atoms with Crippen molar-refractivity contribution in [2.75, 3.05) is 11.1 Å². The molecule has 0 saturated heterocycles. The second kappa shape index (κ2) is 4.20. The summed E-state index contributed by atoms with van der Waals surface area (Å²) in [5.74, 6) is 0.501. The zero-order chi connectivity index (χ0) is 10.8. The molecule has 1 fully saturated rings. The van der Waals surface area contributed by atoms with Gasteiger partial charge in [0.05, 0.1) is 24.0 Å². The molecule has 5 nitrogen and oxygen atoms in total. The highest BCUT2D eigenvalue weighted by Gasteiger charge is 2.25. The quantitative estimate of drug-likeness (QED) is 0.659. The van der Waals surface area contributed by atoms with Crippen LogP contribution in [0.4, 0.5) is 11.5 Å². The van der Waals surface area contributed by atoms with E-state index in [-0.39, 0.29) is 17.4 Å². The minimum Gasteiger partial charge on any atom is -0.394 e. The smallest absolute Gasteiger partial charge is 0.224 e. The second-order valence-corrected chi connectivity index (χ2v) is 4.03. The molecule has 1 aromatic rings. The van der Waals surface area contributed by atoms with Gasteiger partial charge in [-0.1, -0.05) is 0 Å². The fourth-order valence-electron chi connectivity index (χ4n) is 1.77. The van der Waals surface area contributed by atoms with E-state index in [1.54, 1.807) is 0 Å². The van der Waals surface area contributed by atoms with Crippen LogP contribution in [0.5, 0.6) is 0 Å². The molecule has 1 heterocycles. The molecule has 15 heavy (non-hydrogen) atoms. The highest BCUT2D eigenvalue weighted by atomic mass is 35.5. The number of nitrogens with zero attached hydrogens (tertiary/aromatic N) is 2. The number of anilines is 2. The second-order valence-electron chi connectivity index (χ2n) is 3.69. The van der Waals surface area contributed by atoms with Crippen molar-refractivity contribution in [3.05, 3.63) is 11.5 Å². The zero-order valence-corrected chi connectivity index (χ0v) is 8.91. The highest BCUT2D eigenvalue weighted by Crippen LogP contribution is 2.24. The van der Waals surface area contributed by atoms with E-state index >= 15 is 0 Å². The van der Waals surface area contributed by atoms with E-state index in [1.807, 2.05) is 0 Å². The largest absolute Gasteiger partial charge is 0.394 e. The Kier molecular flexibility index (Phi) is 2.93. The molecule has 0 aromatic carbocycles. The molecule has 1 saturated carbocycles. The Labute approximate surface area is 92.7 Å². The van der Waals surface area contributed by atoms with Crippen molar-refractivity contribution in [2.24, 2.45) is 0 Å². The van der Waals surface area contributed by atoms with Gasteiger partial charge in [-0.05, 0) is 30.9 Å². The van der Waals surface area contributed by atoms with Gasteiger partial charge in [-0.3, -0.25) is 0 Å². The average molecular weight is 229 g/mol. The first-order valence-corrected chi connectivity index (χ1v) is 5.27. The first-order valence-electron chi connectivity index (χ1n) is 4.89. The molecule has 82 valence electrons. The minimum atomic E-state index is -0.335. The summed E-state index contributed by atoms with van der Waals surface area (Å²) < 4.78 is 0. The normalized spacial score (nSPS) is 25.5. The number of nitrogens with two attached hydrogens (primary N) is 1. The monoisotopic (exact) mass is 228 g/mol. The van der Waals surface area contributed by atoms with Crippen molar-refractivity contribution >= 4 is 23.1 Å². The summed E-state index contributed by atoms with van der Waals surface area (Å²) in [6.07, 6.45) is 3.87. The lowest BCUT2D eigenvalue weighted by Crippen LogP contribution is -2.28. The molecule has 1 aromatic heterocycles. The van der Waals surface area contributed by atoms with E-state index in [0.717, 1.165) is 19.3 Å². The Morgan fingerprint density at radius 1 is 1.53 bits per heavy atom. The number of rotatable bonds is 2. The number of aliphatic hydroxyl groups excluding tert-OH is 1. The molecule has 1 aliphatic carbocycles. The molecule has 1 aliphatic rings. The summed E-state index contributed by atoms with van der Waals surface area (Å²) in [5.41, 5.74) is 6.13. The maximum Gasteiger partial charge on any atom is 0.224 e. The number of nitrogens with one attached hydrogen (secondary N) is 1. The molecular formula is C9H13ClN4O. The number of halogens is 1. The van der Waals surface area contributed by atoms with E-state index in [2.05, 4.69) is 15.3 Å². The maximum absolute atomic E-state index is 9.63. The number of hydrogen-bond donors (Lipinski definition) is 3. The van der Waals surface area contributed by atoms with Crippen molar-refractivity contribution < 1.29 is 5.11 Å². The number of nitrogen functional groups attached to an aromatic ring is 1. The molecule has 0 radical (unpaired) electrons. The Hall–Kier alpha value is -1.07. The summed E-state index contributed by atoms with van der Waals surface area (Å²) >= 11 is 5.66. The Balaban J connectivity index is 2.12. The molecule has 2 rings (SSSR count). The van der Waals surface area contributed by atoms with Gasteiger partial charge in [0.25, 0.3) is 0 Å².